The number of benzene rings is 6. The summed E-state index contributed by atoms with van der Waals surface area (Å²) < 4.78 is 15.8. The van der Waals surface area contributed by atoms with Gasteiger partial charge in [0.2, 0.25) is 0 Å². The number of piperidine rings is 1. The molecule has 6 aromatic rings. The highest BCUT2D eigenvalue weighted by atomic mass is 79.9. The topological polar surface area (TPSA) is 213 Å². The molecule has 2 aliphatic rings. The van der Waals surface area contributed by atoms with Crippen LogP contribution in [0.5, 0.6) is 0 Å². The van der Waals surface area contributed by atoms with E-state index in [9.17, 15) is 28.4 Å². The molecule has 0 bridgehead atoms. The van der Waals surface area contributed by atoms with Crippen LogP contribution in [0, 0.1) is 40.3 Å². The summed E-state index contributed by atoms with van der Waals surface area (Å²) in [5, 5.41) is 8.74. The van der Waals surface area contributed by atoms with Crippen molar-refractivity contribution in [2.75, 3.05) is 52.4 Å². The lowest BCUT2D eigenvalue weighted by Crippen LogP contribution is -2.47. The molecule has 2 aliphatic heterocycles. The van der Waals surface area contributed by atoms with E-state index >= 15 is 0 Å². The van der Waals surface area contributed by atoms with Crippen molar-refractivity contribution in [3.8, 4) is 0 Å². The first-order valence-corrected chi connectivity index (χ1v) is 39.6. The molecule has 10 N–H and O–H groups in total. The highest BCUT2D eigenvalue weighted by molar-refractivity contribution is 9.10. The van der Waals surface area contributed by atoms with Gasteiger partial charge in [0.05, 0.1) is 26.7 Å². The van der Waals surface area contributed by atoms with Crippen molar-refractivity contribution in [1.29, 1.82) is 0 Å². The molecular weight excluding hydrogens is 1520 g/mol. The van der Waals surface area contributed by atoms with Crippen molar-refractivity contribution < 1.29 is 28.4 Å². The second-order valence-electron chi connectivity index (χ2n) is 31.1. The van der Waals surface area contributed by atoms with Crippen molar-refractivity contribution in [1.82, 2.24) is 10.6 Å². The maximum Gasteiger partial charge on any atom is 0.148 e. The van der Waals surface area contributed by atoms with E-state index in [0.29, 0.717) is 78.6 Å². The van der Waals surface area contributed by atoms with E-state index in [1.807, 2.05) is 187 Å². The van der Waals surface area contributed by atoms with Gasteiger partial charge in [0.25, 0.3) is 0 Å². The summed E-state index contributed by atoms with van der Waals surface area (Å²) in [4.78, 5) is 62.2. The van der Waals surface area contributed by atoms with Crippen molar-refractivity contribution in [2.45, 2.75) is 189 Å². The number of allylic oxidation sites excluding steroid dienone is 1. The number of nitrogens with one attached hydrogen (secondary N) is 2. The Bertz CT molecular complexity index is 3660. The van der Waals surface area contributed by atoms with Crippen LogP contribution in [0.15, 0.2) is 161 Å². The predicted octanol–water partition coefficient (Wildman–Crippen LogP) is 20.4. The lowest BCUT2D eigenvalue weighted by Gasteiger charge is -2.38. The number of rotatable bonds is 24. The summed E-state index contributed by atoms with van der Waals surface area (Å²) in [6.07, 6.45) is 5.29. The lowest BCUT2D eigenvalue weighted by molar-refractivity contribution is -0.132. The molecule has 572 valence electrons. The van der Waals surface area contributed by atoms with Gasteiger partial charge in [0.15, 0.2) is 0 Å². The van der Waals surface area contributed by atoms with Gasteiger partial charge in [0.1, 0.15) is 34.7 Å². The van der Waals surface area contributed by atoms with Crippen LogP contribution in [0.1, 0.15) is 201 Å². The molecule has 5 atom stereocenters. The first-order valence-electron chi connectivity index (χ1n) is 36.5. The molecule has 2 heterocycles. The summed E-state index contributed by atoms with van der Waals surface area (Å²) in [5.74, 6) is 1.13. The van der Waals surface area contributed by atoms with E-state index in [1.54, 1.807) is 12.1 Å². The monoisotopic (exact) mass is 1630 g/mol. The fourth-order valence-electron chi connectivity index (χ4n) is 13.6. The fourth-order valence-corrected chi connectivity index (χ4v) is 14.7. The third-order valence-electron chi connectivity index (χ3n) is 19.7. The Morgan fingerprint density at radius 1 is 0.481 bits per heavy atom. The molecule has 2 saturated heterocycles. The van der Waals surface area contributed by atoms with Crippen molar-refractivity contribution in [3.05, 3.63) is 220 Å². The molecule has 8 rings (SSSR count). The zero-order chi connectivity index (χ0) is 78.7. The van der Waals surface area contributed by atoms with Gasteiger partial charge in [-0.05, 0) is 216 Å². The fraction of sp³-hybridized carbons (Fsp3) is 0.500. The van der Waals surface area contributed by atoms with Crippen LogP contribution < -0.4 is 33.6 Å². The van der Waals surface area contributed by atoms with Crippen molar-refractivity contribution in [2.24, 2.45) is 57.4 Å². The van der Waals surface area contributed by atoms with Gasteiger partial charge in [-0.25, -0.2) is 4.39 Å². The minimum Gasteiger partial charge on any atom is -0.330 e. The highest BCUT2D eigenvalue weighted by Crippen LogP contribution is 2.42. The van der Waals surface area contributed by atoms with Crippen LogP contribution in [0.3, 0.4) is 0 Å². The van der Waals surface area contributed by atoms with Gasteiger partial charge in [-0.15, -0.1) is 0 Å². The first kappa shape index (κ1) is 93.4. The van der Waals surface area contributed by atoms with E-state index < -0.39 is 22.1 Å². The Labute approximate surface area is 660 Å². The number of carbonyl (C=O) groups is 5. The molecule has 11 nitrogen and oxygen atoms in total. The normalized spacial score (nSPS) is 16.6. The van der Waals surface area contributed by atoms with E-state index in [2.05, 4.69) is 94.1 Å². The van der Waals surface area contributed by atoms with E-state index in [0.717, 1.165) is 82.2 Å². The molecule has 104 heavy (non-hydrogen) atoms. The molecule has 6 aromatic carbocycles. The summed E-state index contributed by atoms with van der Waals surface area (Å²) in [5.41, 5.74) is 27.8. The van der Waals surface area contributed by atoms with Gasteiger partial charge in [-0.1, -0.05) is 254 Å². The molecule has 0 saturated carbocycles. The van der Waals surface area contributed by atoms with Crippen molar-refractivity contribution in [3.63, 3.8) is 0 Å². The second kappa shape index (κ2) is 43.4. The molecule has 18 heteroatoms. The van der Waals surface area contributed by atoms with Crippen molar-refractivity contribution >= 4 is 107 Å². The summed E-state index contributed by atoms with van der Waals surface area (Å²) in [7, 11) is 0. The predicted molar refractivity (Wildman–Crippen MR) is 444 cm³/mol. The van der Waals surface area contributed by atoms with E-state index in [1.165, 1.54) is 17.2 Å². The van der Waals surface area contributed by atoms with Crippen LogP contribution in [0.25, 0.3) is 0 Å². The molecule has 0 amide bonds. The van der Waals surface area contributed by atoms with Crippen LogP contribution in [-0.2, 0) is 45.6 Å². The van der Waals surface area contributed by atoms with Gasteiger partial charge < -0.3 is 33.6 Å². The van der Waals surface area contributed by atoms with Crippen LogP contribution >= 0.6 is 78.3 Å². The quantitative estimate of drug-likeness (QED) is 0.0314. The molecular formula is C86H119Br2Cl4FN6O5. The SMILES string of the molecule is C=C(C(CCN)c1ccc(Br)cc1)C(C)(C)C.CC(C)(C)C(=O)C(C)(CCN)c1ccc(Cl)cc1.CC(C)C(=O)C(C)(CCN)c1ccc(Cl)cc1.CC(C)C(=O)C(CCN)c1ccc(Br)cc1.CC(C)C(=O)C1(c2ccc(Cl)c(F)c2)CCNCC1.CC(C)C(=O)C1(c2ccc(Cl)cc2)CCNC1. The second-order valence-corrected chi connectivity index (χ2v) is 34.6. The largest absolute Gasteiger partial charge is 0.330 e. The Balaban J connectivity index is 0.000000324. The van der Waals surface area contributed by atoms with Gasteiger partial charge in [-0.3, -0.25) is 24.0 Å². The molecule has 0 aliphatic carbocycles. The number of hydrogen-bond donors (Lipinski definition) is 6. The molecule has 2 fully saturated rings. The Morgan fingerprint density at radius 3 is 1.24 bits per heavy atom. The zero-order valence-electron chi connectivity index (χ0n) is 64.6. The minimum atomic E-state index is -0.565. The third kappa shape index (κ3) is 26.8. The molecule has 0 spiro atoms. The number of ketones is 5. The first-order chi connectivity index (χ1) is 48.6. The van der Waals surface area contributed by atoms with Crippen LogP contribution in [0.4, 0.5) is 4.39 Å². The number of carbonyl (C=O) groups excluding carboxylic acids is 5. The average Bonchev–Trinajstić information content (AvgIpc) is 1.08. The Morgan fingerprint density at radius 2 is 0.865 bits per heavy atom. The standard InChI is InChI=1S/C15H22BrN.C15H19ClFNO.C15H22ClNO.C14H18ClNO.C14H20ClNO.C13H18BrNO/c1-11(15(2,3)4)14(9-10-17)12-5-7-13(16)8-6-12;1-10(2)14(19)15(5-7-18-8-6-15)11-3-4-12(16)13(17)9-11;1-14(2,3)13(18)15(4,9-10-17)11-5-7-12(16)8-6-11;1-10(2)13(17)14(7-8-16-9-14)11-3-5-12(15)6-4-11;1-10(2)13(17)14(3,8-9-16)11-4-6-12(15)7-5-11;1-9(2)13(16)12(7-8-15)10-3-5-11(14)6-4-10/h5-8,14H,1,9-10,17H2,2-4H3;3-4,9-10,18H,5-8H2,1-2H3;5-8H,9-10,17H2,1-4H3;3-6,10,16H,7-9H2,1-2H3;4-7,10H,8-9,16H2,1-3H3;3-6,9,12H,7-8,15H2,1-2H3. The van der Waals surface area contributed by atoms with Gasteiger partial charge in [-0.2, -0.15) is 0 Å². The number of halogens is 7. The maximum atomic E-state index is 13.7. The summed E-state index contributed by atoms with van der Waals surface area (Å²) in [6.45, 7) is 41.5. The molecule has 0 radical (unpaired) electrons. The Kier molecular flexibility index (Phi) is 39.0. The number of hydrogen-bond acceptors (Lipinski definition) is 11. The van der Waals surface area contributed by atoms with Gasteiger partial charge >= 0.3 is 0 Å². The number of nitrogens with two attached hydrogens (primary N) is 4. The van der Waals surface area contributed by atoms with Crippen LogP contribution in [0.2, 0.25) is 20.1 Å². The van der Waals surface area contributed by atoms with Gasteiger partial charge in [0, 0.05) is 71.5 Å². The average molecular weight is 1640 g/mol. The zero-order valence-corrected chi connectivity index (χ0v) is 70.7. The Hall–Kier alpha value is -4.78. The highest BCUT2D eigenvalue weighted by Gasteiger charge is 2.45. The van der Waals surface area contributed by atoms with E-state index in [-0.39, 0.29) is 74.0 Å². The molecule has 0 aromatic heterocycles. The van der Waals surface area contributed by atoms with E-state index in [4.69, 9.17) is 69.3 Å². The maximum absolute atomic E-state index is 13.7. The van der Waals surface area contributed by atoms with Crippen LogP contribution in [-0.4, -0.2) is 81.3 Å². The number of Topliss-reactive ketones (excluding diaryl/α,β-unsaturated/α-hetero) is 5. The summed E-state index contributed by atoms with van der Waals surface area (Å²) in [6, 6.07) is 43.8. The third-order valence-corrected chi connectivity index (χ3v) is 21.8. The summed E-state index contributed by atoms with van der Waals surface area (Å²) >= 11 is 30.3. The lowest BCUT2D eigenvalue weighted by atomic mass is 9.67. The molecule has 5 unspecified atom stereocenters. The smallest absolute Gasteiger partial charge is 0.148 e. The minimum absolute atomic E-state index is 0.00206.